The van der Waals surface area contributed by atoms with Crippen LogP contribution in [-0.2, 0) is 37.4 Å². The van der Waals surface area contributed by atoms with Crippen LogP contribution < -0.4 is 33.8 Å². The predicted octanol–water partition coefficient (Wildman–Crippen LogP) is 9.40. The molecule has 5 atom stereocenters. The molecule has 89 heavy (non-hydrogen) atoms. The number of rotatable bonds is 6. The third-order valence-corrected chi connectivity index (χ3v) is 13.9. The molecule has 8 rings (SSSR count). The molecule has 0 saturated carbocycles. The number of epoxide rings is 2. The number of hydrogen-bond acceptors (Lipinski definition) is 14. The summed E-state index contributed by atoms with van der Waals surface area (Å²) in [5, 5.41) is 7.76. The summed E-state index contributed by atoms with van der Waals surface area (Å²) in [6, 6.07) is 3.00. The zero-order valence-electron chi connectivity index (χ0n) is 50.8. The molecule has 0 amide bonds. The van der Waals surface area contributed by atoms with Crippen LogP contribution in [0.5, 0.6) is 11.8 Å². The van der Waals surface area contributed by atoms with E-state index < -0.39 is 129 Å². The van der Waals surface area contributed by atoms with Crippen LogP contribution in [0.25, 0.3) is 0 Å². The summed E-state index contributed by atoms with van der Waals surface area (Å²) in [4.78, 5) is 10.1. The van der Waals surface area contributed by atoms with Gasteiger partial charge in [-0.3, -0.25) is 0 Å². The normalized spacial score (nSPS) is 21.4. The molecule has 1 N–H and O–H groups in total. The van der Waals surface area contributed by atoms with Gasteiger partial charge in [-0.1, -0.05) is 0 Å². The number of aliphatic hydroxyl groups is 1. The molecule has 0 bridgehead atoms. The minimum Gasteiger partial charge on any atom is -1.00 e. The second-order valence-corrected chi connectivity index (χ2v) is 23.6. The molecule has 5 aliphatic heterocycles. The first-order valence-corrected chi connectivity index (χ1v) is 26.5. The largest absolute Gasteiger partial charge is 1.00 e. The van der Waals surface area contributed by atoms with Gasteiger partial charge in [0.1, 0.15) is 6.10 Å². The molecule has 0 radical (unpaired) electrons. The number of nitrogens with zero attached hydrogens (tertiary/aromatic N) is 3. The fraction of sp³-hybridized carbons (Fsp3) is 0.688. The summed E-state index contributed by atoms with van der Waals surface area (Å²) < 4.78 is 277. The van der Waals surface area contributed by atoms with Gasteiger partial charge in [0.2, 0.25) is 5.95 Å². The molecular weight excluding hydrogens is 1410 g/mol. The molecule has 5 fully saturated rings. The Bertz CT molecular complexity index is 2560. The molecule has 3 aromatic heterocycles. The number of hydrogen-bond donors (Lipinski definition) is 1. The molecule has 5 saturated heterocycles. The van der Waals surface area contributed by atoms with Crippen LogP contribution >= 0.6 is 45.4 Å². The maximum atomic E-state index is 14.0. The Labute approximate surface area is 550 Å². The number of aliphatic hydroxyl groups excluding tert-OH is 1. The van der Waals surface area contributed by atoms with Gasteiger partial charge >= 0.3 is 70.9 Å². The van der Waals surface area contributed by atoms with Crippen molar-refractivity contribution in [3.63, 3.8) is 0 Å². The smallest absolute Gasteiger partial charge is 1.00 e. The van der Waals surface area contributed by atoms with E-state index >= 15 is 0 Å². The van der Waals surface area contributed by atoms with Crippen LogP contribution in [0, 0.1) is 23.4 Å². The van der Waals surface area contributed by atoms with Crippen molar-refractivity contribution in [2.45, 2.75) is 199 Å². The average Bonchev–Trinajstić information content (AvgIpc) is 1.62. The third-order valence-electron chi connectivity index (χ3n) is 13.0. The summed E-state index contributed by atoms with van der Waals surface area (Å²) in [6.45, 7) is 25.5. The molecule has 0 spiro atoms. The number of halogens is 21. The van der Waals surface area contributed by atoms with E-state index in [1.165, 1.54) is 12.4 Å². The summed E-state index contributed by atoms with van der Waals surface area (Å²) in [7, 11) is -1.80. The first-order valence-electron chi connectivity index (χ1n) is 25.0. The van der Waals surface area contributed by atoms with E-state index in [-0.39, 0.29) is 92.2 Å². The first kappa shape index (κ1) is 89.1. The van der Waals surface area contributed by atoms with Gasteiger partial charge in [0.15, 0.2) is 59.2 Å². The number of alkyl halides is 15. The van der Waals surface area contributed by atoms with Gasteiger partial charge in [0.25, 0.3) is 11.8 Å². The van der Waals surface area contributed by atoms with Crippen LogP contribution in [0.15, 0.2) is 45.7 Å². The summed E-state index contributed by atoms with van der Waals surface area (Å²) >= 11 is 5.85. The topological polar surface area (TPSA) is 158 Å². The van der Waals surface area contributed by atoms with E-state index in [0.717, 1.165) is 38.2 Å². The van der Waals surface area contributed by atoms with E-state index in [1.54, 1.807) is 0 Å². The standard InChI is InChI=1S/C14H18BF4NO3.C12H24B2O4.C8H6BrF4NO.C5H2BrF2N.2C3H3F3O.C3H5F3O.Al.Li.H2S.4H/c1-8(14(17,18)19)21-11-10(16)6-9(7-20-11)15-22-12(2,3)13(4,5)23-15;1-9(2)10(3,4)16-13(15-9)14-17-11(5,6)12(7,8)18-14;1-4(8(11,12)13)15-7-6(10)2-5(9)3-14-7;6-3-1-4(7)5(8)9-2-3;2*4-3(5,6)2-1-7-2;1-2(7)3(4,5)6;;;;;;;/h6-8H,1-5H3;1-8H3;2-4H,1H3;1-2H;2*2H,1H2;2,7H,1H3;;;1H2;;;;/q;;;;;;;;+1;;;;;-1/t8-;;4-;;2-;;2-;;;;;;;/m0.0.0.0......./s1. The molecule has 0 aromatic carbocycles. The van der Waals surface area contributed by atoms with Crippen LogP contribution in [-0.4, -0.2) is 167 Å². The summed E-state index contributed by atoms with van der Waals surface area (Å²) in [5.74, 6) is -5.34. The van der Waals surface area contributed by atoms with E-state index in [1.807, 2.05) is 83.1 Å². The van der Waals surface area contributed by atoms with Crippen molar-refractivity contribution in [3.05, 3.63) is 69.1 Å². The Morgan fingerprint density at radius 1 is 0.506 bits per heavy atom. The minimum absolute atomic E-state index is 0. The molecular formula is C48H67AlB3Br2F19LiN3O11S. The van der Waals surface area contributed by atoms with Gasteiger partial charge in [0, 0.05) is 33.0 Å². The molecule has 506 valence electrons. The van der Waals surface area contributed by atoms with Crippen molar-refractivity contribution >= 4 is 89.3 Å². The molecule has 5 aliphatic rings. The Morgan fingerprint density at radius 3 is 1.00 bits per heavy atom. The summed E-state index contributed by atoms with van der Waals surface area (Å²) in [5.41, 5.74) is -2.40. The van der Waals surface area contributed by atoms with Gasteiger partial charge < -0.3 is 53.4 Å². The maximum absolute atomic E-state index is 14.0. The van der Waals surface area contributed by atoms with Gasteiger partial charge in [0.05, 0.1) is 46.8 Å². The fourth-order valence-electron chi connectivity index (χ4n) is 5.46. The number of pyridine rings is 3. The van der Waals surface area contributed by atoms with Crippen molar-refractivity contribution < 1.29 is 156 Å². The zero-order valence-corrected chi connectivity index (χ0v) is 54.0. The van der Waals surface area contributed by atoms with Crippen molar-refractivity contribution in [2.24, 2.45) is 0 Å². The van der Waals surface area contributed by atoms with Crippen molar-refractivity contribution in [3.8, 4) is 11.8 Å². The Kier molecular flexibility index (Phi) is 33.6. The zero-order chi connectivity index (χ0) is 67.2. The first-order chi connectivity index (χ1) is 38.4. The fourth-order valence-corrected chi connectivity index (χ4v) is 6.07. The quantitative estimate of drug-likeness (QED) is 0.108. The second kappa shape index (κ2) is 33.6. The average molecular weight is 1480 g/mol. The van der Waals surface area contributed by atoms with E-state index in [9.17, 15) is 83.4 Å². The minimum atomic E-state index is -4.60. The Morgan fingerprint density at radius 2 is 0.775 bits per heavy atom. The third kappa shape index (κ3) is 28.5. The van der Waals surface area contributed by atoms with Crippen molar-refractivity contribution in [2.75, 3.05) is 13.2 Å². The van der Waals surface area contributed by atoms with Gasteiger partial charge in [-0.2, -0.15) is 83.7 Å². The molecule has 41 heteroatoms. The van der Waals surface area contributed by atoms with E-state index in [0.29, 0.717) is 15.9 Å². The van der Waals surface area contributed by atoms with Gasteiger partial charge in [-0.25, -0.2) is 28.1 Å². The second-order valence-electron chi connectivity index (χ2n) is 21.8. The molecule has 1 unspecified atom stereocenters. The predicted molar refractivity (Wildman–Crippen MR) is 299 cm³/mol. The van der Waals surface area contributed by atoms with Gasteiger partial charge in [-0.15, -0.1) is 0 Å². The molecule has 0 aliphatic carbocycles. The van der Waals surface area contributed by atoms with Crippen LogP contribution in [0.1, 0.15) is 105 Å². The number of aromatic nitrogens is 3. The van der Waals surface area contributed by atoms with Crippen LogP contribution in [0.3, 0.4) is 0 Å². The molecule has 8 heterocycles. The van der Waals surface area contributed by atoms with E-state index in [4.69, 9.17) is 33.0 Å². The Balaban J connectivity index is -0.00000102. The maximum Gasteiger partial charge on any atom is 1.00 e. The van der Waals surface area contributed by atoms with Crippen molar-refractivity contribution in [1.82, 2.24) is 15.0 Å². The van der Waals surface area contributed by atoms with Crippen LogP contribution in [0.4, 0.5) is 83.4 Å². The number of ether oxygens (including phenoxy) is 4. The van der Waals surface area contributed by atoms with Gasteiger partial charge in [-0.05, 0) is 154 Å². The van der Waals surface area contributed by atoms with Crippen LogP contribution in [0.2, 0.25) is 0 Å². The molecule has 3 aromatic rings. The summed E-state index contributed by atoms with van der Waals surface area (Å²) in [6.07, 6.45) is -27.6. The van der Waals surface area contributed by atoms with E-state index in [2.05, 4.69) is 65.8 Å². The molecule has 14 nitrogen and oxygen atoms in total. The Hall–Kier alpha value is -2.01. The van der Waals surface area contributed by atoms with Crippen molar-refractivity contribution in [1.29, 1.82) is 0 Å². The SMILES string of the molecule is CC1(C)OB(B2OC(C)(C)C(C)(C)O2)OC1(C)C.C[C@H](O)C(F)(F)F.C[C@H](Oc1ncc(B2OC(C)(C)C(C)(C)O2)cc1F)C(F)(F)F.C[C@H](Oc1ncc(Br)cc1F)C(F)(F)F.FC(F)(F)C1CO1.FC(F)(F)[C@@H]1CO1.Fc1cc(Br)cnc1F.S.[AlH3].[H-].[Li+]. The monoisotopic (exact) mass is 1480 g/mol.